The summed E-state index contributed by atoms with van der Waals surface area (Å²) < 4.78 is 30.2. The summed E-state index contributed by atoms with van der Waals surface area (Å²) in [5, 5.41) is 10.7. The predicted octanol–water partition coefficient (Wildman–Crippen LogP) is 1.58. The first-order valence-electron chi connectivity index (χ1n) is 6.42. The van der Waals surface area contributed by atoms with Crippen LogP contribution in [0.3, 0.4) is 0 Å². The summed E-state index contributed by atoms with van der Waals surface area (Å²) in [6, 6.07) is 6.29. The van der Waals surface area contributed by atoms with Gasteiger partial charge in [-0.05, 0) is 24.0 Å². The molecule has 2 rings (SSSR count). The minimum absolute atomic E-state index is 0.0731. The number of hydrogen-bond acceptors (Lipinski definition) is 6. The van der Waals surface area contributed by atoms with Gasteiger partial charge in [0.25, 0.3) is 10.1 Å². The first-order valence-corrected chi connectivity index (χ1v) is 7.83. The van der Waals surface area contributed by atoms with Crippen LogP contribution in [0.5, 0.6) is 0 Å². The van der Waals surface area contributed by atoms with Gasteiger partial charge in [0.1, 0.15) is 6.20 Å². The Balaban J connectivity index is 2.01. The highest BCUT2D eigenvalue weighted by molar-refractivity contribution is 7.86. The van der Waals surface area contributed by atoms with Crippen LogP contribution in [0.1, 0.15) is 11.4 Å². The first-order chi connectivity index (χ1) is 10.3. The van der Waals surface area contributed by atoms with Gasteiger partial charge in [-0.1, -0.05) is 17.7 Å². The fourth-order valence-corrected chi connectivity index (χ4v) is 2.76. The van der Waals surface area contributed by atoms with Crippen LogP contribution >= 0.6 is 0 Å². The molecule has 0 fully saturated rings. The molecule has 9 heteroatoms. The van der Waals surface area contributed by atoms with Crippen molar-refractivity contribution in [1.82, 2.24) is 9.55 Å². The van der Waals surface area contributed by atoms with Gasteiger partial charge in [-0.3, -0.25) is 4.18 Å². The minimum atomic E-state index is -3.84. The SMILES string of the molecule is Cc1ccc(S(=O)(=O)OCCc2ncc([N+](=O)[O-])n2C)cc1. The summed E-state index contributed by atoms with van der Waals surface area (Å²) >= 11 is 0. The largest absolute Gasteiger partial charge is 0.358 e. The van der Waals surface area contributed by atoms with Crippen LogP contribution in [0.2, 0.25) is 0 Å². The molecule has 0 amide bonds. The van der Waals surface area contributed by atoms with Crippen LogP contribution in [-0.4, -0.2) is 29.5 Å². The molecule has 0 aliphatic heterocycles. The van der Waals surface area contributed by atoms with Crippen LogP contribution in [0.25, 0.3) is 0 Å². The van der Waals surface area contributed by atoms with E-state index in [4.69, 9.17) is 4.18 Å². The summed E-state index contributed by atoms with van der Waals surface area (Å²) in [7, 11) is -2.35. The van der Waals surface area contributed by atoms with Gasteiger partial charge in [-0.25, -0.2) is 9.55 Å². The highest BCUT2D eigenvalue weighted by Gasteiger charge is 2.19. The van der Waals surface area contributed by atoms with Crippen molar-refractivity contribution in [1.29, 1.82) is 0 Å². The van der Waals surface area contributed by atoms with Crippen LogP contribution in [0.15, 0.2) is 35.4 Å². The van der Waals surface area contributed by atoms with Gasteiger partial charge in [0, 0.05) is 0 Å². The van der Waals surface area contributed by atoms with Crippen molar-refractivity contribution in [2.24, 2.45) is 7.05 Å². The van der Waals surface area contributed by atoms with Crippen molar-refractivity contribution < 1.29 is 17.5 Å². The summed E-state index contributed by atoms with van der Waals surface area (Å²) in [6.45, 7) is 1.71. The second-order valence-electron chi connectivity index (χ2n) is 4.69. The summed E-state index contributed by atoms with van der Waals surface area (Å²) in [6.07, 6.45) is 1.28. The molecular formula is C13H15N3O5S. The van der Waals surface area contributed by atoms with E-state index in [0.29, 0.717) is 5.82 Å². The predicted molar refractivity (Wildman–Crippen MR) is 77.9 cm³/mol. The molecule has 0 atom stereocenters. The Kier molecular flexibility index (Phi) is 4.57. The third kappa shape index (κ3) is 3.49. The Hall–Kier alpha value is -2.26. The van der Waals surface area contributed by atoms with Crippen molar-refractivity contribution in [2.75, 3.05) is 6.61 Å². The van der Waals surface area contributed by atoms with Gasteiger partial charge in [-0.15, -0.1) is 0 Å². The molecular weight excluding hydrogens is 310 g/mol. The fourth-order valence-electron chi connectivity index (χ4n) is 1.86. The molecule has 0 aliphatic rings. The van der Waals surface area contributed by atoms with Crippen molar-refractivity contribution >= 4 is 15.9 Å². The van der Waals surface area contributed by atoms with Crippen molar-refractivity contribution in [3.63, 3.8) is 0 Å². The van der Waals surface area contributed by atoms with E-state index in [1.54, 1.807) is 12.1 Å². The maximum atomic E-state index is 12.0. The van der Waals surface area contributed by atoms with E-state index in [2.05, 4.69) is 4.98 Å². The molecule has 0 saturated carbocycles. The Morgan fingerprint density at radius 3 is 2.50 bits per heavy atom. The topological polar surface area (TPSA) is 104 Å². The highest BCUT2D eigenvalue weighted by atomic mass is 32.2. The number of nitrogens with zero attached hydrogens (tertiary/aromatic N) is 3. The normalized spacial score (nSPS) is 11.5. The Morgan fingerprint density at radius 2 is 1.95 bits per heavy atom. The molecule has 0 saturated heterocycles. The van der Waals surface area contributed by atoms with Gasteiger partial charge in [0.05, 0.1) is 25.0 Å². The van der Waals surface area contributed by atoms with Crippen LogP contribution in [-0.2, 0) is 27.8 Å². The second-order valence-corrected chi connectivity index (χ2v) is 6.30. The molecule has 1 aromatic heterocycles. The minimum Gasteiger partial charge on any atom is -0.358 e. The molecule has 2 aromatic rings. The third-order valence-electron chi connectivity index (χ3n) is 3.12. The number of aryl methyl sites for hydroxylation is 1. The maximum Gasteiger partial charge on any atom is 0.342 e. The van der Waals surface area contributed by atoms with E-state index < -0.39 is 15.0 Å². The summed E-state index contributed by atoms with van der Waals surface area (Å²) in [5.74, 6) is 0.224. The van der Waals surface area contributed by atoms with E-state index in [0.717, 1.165) is 11.8 Å². The van der Waals surface area contributed by atoms with E-state index in [9.17, 15) is 18.5 Å². The van der Waals surface area contributed by atoms with Gasteiger partial charge < -0.3 is 10.1 Å². The third-order valence-corrected chi connectivity index (χ3v) is 4.45. The van der Waals surface area contributed by atoms with Crippen LogP contribution < -0.4 is 0 Å². The average molecular weight is 325 g/mol. The van der Waals surface area contributed by atoms with Crippen molar-refractivity contribution in [2.45, 2.75) is 18.2 Å². The number of aromatic nitrogens is 2. The molecule has 118 valence electrons. The zero-order chi connectivity index (χ0) is 16.3. The van der Waals surface area contributed by atoms with Crippen LogP contribution in [0, 0.1) is 17.0 Å². The van der Waals surface area contributed by atoms with E-state index >= 15 is 0 Å². The quantitative estimate of drug-likeness (QED) is 0.454. The smallest absolute Gasteiger partial charge is 0.342 e. The lowest BCUT2D eigenvalue weighted by molar-refractivity contribution is -0.391. The van der Waals surface area contributed by atoms with Crippen LogP contribution in [0.4, 0.5) is 5.82 Å². The van der Waals surface area contributed by atoms with Gasteiger partial charge in [0.2, 0.25) is 0 Å². The highest BCUT2D eigenvalue weighted by Crippen LogP contribution is 2.15. The molecule has 0 bridgehead atoms. The number of imidazole rings is 1. The molecule has 0 spiro atoms. The number of benzene rings is 1. The lowest BCUT2D eigenvalue weighted by atomic mass is 10.2. The molecule has 1 aromatic carbocycles. The number of nitro groups is 1. The second kappa shape index (κ2) is 6.24. The number of rotatable bonds is 6. The molecule has 0 N–H and O–H groups in total. The summed E-state index contributed by atoms with van der Waals surface area (Å²) in [4.78, 5) is 14.1. The maximum absolute atomic E-state index is 12.0. The zero-order valence-corrected chi connectivity index (χ0v) is 12.9. The standard InChI is InChI=1S/C13H15N3O5S/c1-10-3-5-11(6-4-10)22(19,20)21-8-7-12-14-9-13(15(12)2)16(17)18/h3-6,9H,7-8H2,1-2H3. The molecule has 0 unspecified atom stereocenters. The molecule has 1 heterocycles. The number of hydrogen-bond donors (Lipinski definition) is 0. The zero-order valence-electron chi connectivity index (χ0n) is 12.1. The van der Waals surface area contributed by atoms with Gasteiger partial charge in [-0.2, -0.15) is 8.42 Å². The Bertz CT molecular complexity index is 781. The average Bonchev–Trinajstić information content (AvgIpc) is 2.81. The lowest BCUT2D eigenvalue weighted by Gasteiger charge is -2.05. The monoisotopic (exact) mass is 325 g/mol. The van der Waals surface area contributed by atoms with E-state index in [1.807, 2.05) is 6.92 Å². The van der Waals surface area contributed by atoms with Gasteiger partial charge >= 0.3 is 5.82 Å². The Morgan fingerprint density at radius 1 is 1.32 bits per heavy atom. The molecule has 0 aliphatic carbocycles. The van der Waals surface area contributed by atoms with Gasteiger partial charge in [0.15, 0.2) is 5.82 Å². The fraction of sp³-hybridized carbons (Fsp3) is 0.308. The first kappa shape index (κ1) is 16.1. The molecule has 8 nitrogen and oxygen atoms in total. The summed E-state index contributed by atoms with van der Waals surface area (Å²) in [5.41, 5.74) is 0.944. The molecule has 0 radical (unpaired) electrons. The lowest BCUT2D eigenvalue weighted by Crippen LogP contribution is -2.11. The van der Waals surface area contributed by atoms with Crippen molar-refractivity contribution in [3.8, 4) is 0 Å². The van der Waals surface area contributed by atoms with Crippen molar-refractivity contribution in [3.05, 3.63) is 52.0 Å². The van der Waals surface area contributed by atoms with E-state index in [1.165, 1.54) is 23.7 Å². The molecule has 22 heavy (non-hydrogen) atoms. The Labute approximate surface area is 127 Å². The van der Waals surface area contributed by atoms with E-state index in [-0.39, 0.29) is 23.7 Å².